The highest BCUT2D eigenvalue weighted by Gasteiger charge is 2.32. The van der Waals surface area contributed by atoms with E-state index in [1.54, 1.807) is 18.2 Å². The largest absolute Gasteiger partial charge is 0.390 e. The van der Waals surface area contributed by atoms with Gasteiger partial charge in [-0.3, -0.25) is 0 Å². The lowest BCUT2D eigenvalue weighted by atomic mass is 9.95. The number of hydrogen-bond donors (Lipinski definition) is 0. The lowest BCUT2D eigenvalue weighted by Gasteiger charge is -2.15. The van der Waals surface area contributed by atoms with Gasteiger partial charge in [0.2, 0.25) is 0 Å². The molecule has 1 atom stereocenters. The van der Waals surface area contributed by atoms with Crippen LogP contribution in [0.2, 0.25) is 19.6 Å². The summed E-state index contributed by atoms with van der Waals surface area (Å²) in [6, 6.07) is 7.17. The Balaban J connectivity index is 3.08. The lowest BCUT2D eigenvalue weighted by Crippen LogP contribution is -2.18. The molecule has 0 bridgehead atoms. The number of alkyl halides is 3. The van der Waals surface area contributed by atoms with E-state index in [9.17, 15) is 13.2 Å². The van der Waals surface area contributed by atoms with Gasteiger partial charge in [0.05, 0.1) is 12.3 Å². The average molecular weight is 284 g/mol. The predicted molar refractivity (Wildman–Crippen MR) is 75.7 cm³/mol. The van der Waals surface area contributed by atoms with Gasteiger partial charge in [-0.1, -0.05) is 49.5 Å². The highest BCUT2D eigenvalue weighted by Crippen LogP contribution is 2.31. The van der Waals surface area contributed by atoms with Crippen molar-refractivity contribution < 1.29 is 13.2 Å². The Labute approximate surface area is 114 Å². The van der Waals surface area contributed by atoms with Crippen molar-refractivity contribution in [1.29, 1.82) is 0 Å². The first-order chi connectivity index (χ1) is 8.57. The number of benzene rings is 1. The molecule has 0 saturated carbocycles. The number of hydrogen-bond acceptors (Lipinski definition) is 0. The summed E-state index contributed by atoms with van der Waals surface area (Å²) < 4.78 is 38.0. The third-order valence-electron chi connectivity index (χ3n) is 2.50. The third-order valence-corrected chi connectivity index (χ3v) is 3.40. The molecule has 0 fully saturated rings. The van der Waals surface area contributed by atoms with E-state index in [0.717, 1.165) is 5.56 Å². The molecule has 0 aliphatic heterocycles. The van der Waals surface area contributed by atoms with Gasteiger partial charge in [-0.15, -0.1) is 11.5 Å². The van der Waals surface area contributed by atoms with Crippen LogP contribution in [0.4, 0.5) is 13.2 Å². The van der Waals surface area contributed by atoms with Crippen LogP contribution in [0.25, 0.3) is 0 Å². The van der Waals surface area contributed by atoms with Gasteiger partial charge in [0.15, 0.2) is 0 Å². The van der Waals surface area contributed by atoms with Crippen LogP contribution in [0.1, 0.15) is 23.5 Å². The molecule has 0 aliphatic rings. The maximum atomic E-state index is 12.7. The van der Waals surface area contributed by atoms with Gasteiger partial charge in [-0.05, 0) is 12.5 Å². The van der Waals surface area contributed by atoms with Gasteiger partial charge in [0, 0.05) is 0 Å². The zero-order valence-electron chi connectivity index (χ0n) is 11.7. The van der Waals surface area contributed by atoms with Gasteiger partial charge < -0.3 is 0 Å². The smallest absolute Gasteiger partial charge is 0.171 e. The molecule has 1 rings (SSSR count). The van der Waals surface area contributed by atoms with Crippen LogP contribution in [0.5, 0.6) is 0 Å². The molecular formula is C15H19F3Si. The van der Waals surface area contributed by atoms with Crippen LogP contribution < -0.4 is 0 Å². The molecule has 0 unspecified atom stereocenters. The molecule has 1 aromatic carbocycles. The molecule has 0 aliphatic carbocycles. The average Bonchev–Trinajstić information content (AvgIpc) is 2.21. The standard InChI is InChI=1S/C15H19F3Si/c1-12-6-5-7-13(10-12)14(11-15(16,17)18)8-9-19(2,3)4/h5-7,10,14H,11H2,1-4H3/t14-/m1/s1. The van der Waals surface area contributed by atoms with Crippen molar-refractivity contribution in [3.8, 4) is 11.5 Å². The molecule has 19 heavy (non-hydrogen) atoms. The first-order valence-electron chi connectivity index (χ1n) is 6.23. The maximum absolute atomic E-state index is 12.7. The van der Waals surface area contributed by atoms with Crippen LogP contribution in [-0.4, -0.2) is 14.3 Å². The molecule has 0 spiro atoms. The Hall–Kier alpha value is -1.21. The number of halogens is 3. The van der Waals surface area contributed by atoms with Crippen LogP contribution in [0.3, 0.4) is 0 Å². The van der Waals surface area contributed by atoms with Crippen molar-refractivity contribution in [3.05, 3.63) is 35.4 Å². The van der Waals surface area contributed by atoms with Crippen molar-refractivity contribution in [2.45, 2.75) is 45.1 Å². The fraction of sp³-hybridized carbons (Fsp3) is 0.467. The molecule has 104 valence electrons. The Morgan fingerprint density at radius 1 is 1.21 bits per heavy atom. The van der Waals surface area contributed by atoms with E-state index in [-0.39, 0.29) is 0 Å². The van der Waals surface area contributed by atoms with Crippen molar-refractivity contribution in [1.82, 2.24) is 0 Å². The normalized spacial score (nSPS) is 13.6. The molecule has 0 N–H and O–H groups in total. The van der Waals surface area contributed by atoms with Crippen molar-refractivity contribution in [3.63, 3.8) is 0 Å². The molecule has 0 saturated heterocycles. The molecule has 1 aromatic rings. The van der Waals surface area contributed by atoms with E-state index < -0.39 is 26.6 Å². The van der Waals surface area contributed by atoms with Gasteiger partial charge in [0.1, 0.15) is 8.07 Å². The number of aryl methyl sites for hydroxylation is 1. The van der Waals surface area contributed by atoms with Crippen LogP contribution in [0.15, 0.2) is 24.3 Å². The molecule has 0 amide bonds. The summed E-state index contributed by atoms with van der Waals surface area (Å²) >= 11 is 0. The quantitative estimate of drug-likeness (QED) is 0.534. The minimum atomic E-state index is -4.19. The summed E-state index contributed by atoms with van der Waals surface area (Å²) in [5.41, 5.74) is 4.66. The van der Waals surface area contributed by atoms with E-state index in [4.69, 9.17) is 0 Å². The van der Waals surface area contributed by atoms with Gasteiger partial charge in [-0.2, -0.15) is 13.2 Å². The second kappa shape index (κ2) is 5.83. The minimum absolute atomic E-state index is 0.656. The summed E-state index contributed by atoms with van der Waals surface area (Å²) in [7, 11) is -1.67. The highest BCUT2D eigenvalue weighted by atomic mass is 28.3. The zero-order valence-corrected chi connectivity index (χ0v) is 12.7. The Morgan fingerprint density at radius 3 is 2.32 bits per heavy atom. The van der Waals surface area contributed by atoms with Crippen molar-refractivity contribution in [2.75, 3.05) is 0 Å². The second-order valence-corrected chi connectivity index (χ2v) is 10.6. The fourth-order valence-electron chi connectivity index (χ4n) is 1.67. The fourth-order valence-corrected chi connectivity index (χ4v) is 2.28. The molecular weight excluding hydrogens is 265 g/mol. The van der Waals surface area contributed by atoms with Crippen LogP contribution >= 0.6 is 0 Å². The van der Waals surface area contributed by atoms with E-state index in [1.807, 2.05) is 32.6 Å². The van der Waals surface area contributed by atoms with Crippen molar-refractivity contribution >= 4 is 8.07 Å². The summed E-state index contributed by atoms with van der Waals surface area (Å²) in [4.78, 5) is 0. The van der Waals surface area contributed by atoms with Gasteiger partial charge in [0.25, 0.3) is 0 Å². The van der Waals surface area contributed by atoms with E-state index in [0.29, 0.717) is 5.56 Å². The molecule has 4 heteroatoms. The summed E-state index contributed by atoms with van der Waals surface area (Å²) in [5.74, 6) is 2.09. The summed E-state index contributed by atoms with van der Waals surface area (Å²) in [6.45, 7) is 7.96. The second-order valence-electron chi connectivity index (χ2n) is 5.81. The predicted octanol–water partition coefficient (Wildman–Crippen LogP) is 4.91. The SMILES string of the molecule is Cc1cccc([C@H](C#C[Si](C)(C)C)CC(F)(F)F)c1. The molecule has 0 heterocycles. The number of rotatable bonds is 2. The maximum Gasteiger partial charge on any atom is 0.390 e. The first kappa shape index (κ1) is 15.8. The summed E-state index contributed by atoms with van der Waals surface area (Å²) in [6.07, 6.45) is -5.07. The summed E-state index contributed by atoms with van der Waals surface area (Å²) in [5, 5.41) is 0. The first-order valence-corrected chi connectivity index (χ1v) is 9.73. The third kappa shape index (κ3) is 6.49. The Bertz CT molecular complexity index is 487. The lowest BCUT2D eigenvalue weighted by molar-refractivity contribution is -0.136. The van der Waals surface area contributed by atoms with Gasteiger partial charge in [-0.25, -0.2) is 0 Å². The topological polar surface area (TPSA) is 0 Å². The van der Waals surface area contributed by atoms with Crippen LogP contribution in [-0.2, 0) is 0 Å². The van der Waals surface area contributed by atoms with Gasteiger partial charge >= 0.3 is 6.18 Å². The van der Waals surface area contributed by atoms with Crippen molar-refractivity contribution in [2.24, 2.45) is 0 Å². The monoisotopic (exact) mass is 284 g/mol. The minimum Gasteiger partial charge on any atom is -0.171 e. The highest BCUT2D eigenvalue weighted by molar-refractivity contribution is 6.83. The molecule has 0 nitrogen and oxygen atoms in total. The van der Waals surface area contributed by atoms with E-state index in [2.05, 4.69) is 11.5 Å². The van der Waals surface area contributed by atoms with E-state index >= 15 is 0 Å². The Kier molecular flexibility index (Phi) is 4.86. The van der Waals surface area contributed by atoms with E-state index in [1.165, 1.54) is 0 Å². The molecule has 0 aromatic heterocycles. The molecule has 0 radical (unpaired) electrons. The zero-order chi connectivity index (χ0) is 14.7. The Morgan fingerprint density at radius 2 is 1.84 bits per heavy atom. The van der Waals surface area contributed by atoms with Crippen LogP contribution in [0, 0.1) is 18.4 Å².